The first kappa shape index (κ1) is 15.8. The van der Waals surface area contributed by atoms with E-state index in [9.17, 15) is 9.59 Å². The predicted octanol–water partition coefficient (Wildman–Crippen LogP) is 4.88. The van der Waals surface area contributed by atoms with Crippen LogP contribution in [0.15, 0.2) is 53.4 Å². The summed E-state index contributed by atoms with van der Waals surface area (Å²) in [6.07, 6.45) is 1.75. The van der Waals surface area contributed by atoms with Crippen molar-refractivity contribution in [2.45, 2.75) is 13.5 Å². The number of aryl methyl sites for hydroxylation is 1. The van der Waals surface area contributed by atoms with Crippen LogP contribution in [0, 0.1) is 6.92 Å². The highest BCUT2D eigenvalue weighted by Crippen LogP contribution is 2.34. The van der Waals surface area contributed by atoms with Crippen molar-refractivity contribution in [3.05, 3.63) is 75.1 Å². The van der Waals surface area contributed by atoms with Gasteiger partial charge in [-0.25, -0.2) is 0 Å². The van der Waals surface area contributed by atoms with Crippen molar-refractivity contribution < 1.29 is 9.59 Å². The monoisotopic (exact) mass is 343 g/mol. The summed E-state index contributed by atoms with van der Waals surface area (Å²) in [6.45, 7) is 2.19. The largest absolute Gasteiger partial charge is 0.293 e. The summed E-state index contributed by atoms with van der Waals surface area (Å²) in [4.78, 5) is 26.3. The second kappa shape index (κ2) is 6.60. The molecule has 0 unspecified atom stereocenters. The van der Waals surface area contributed by atoms with Crippen LogP contribution in [0.1, 0.15) is 16.7 Å². The van der Waals surface area contributed by atoms with Gasteiger partial charge in [-0.05, 0) is 42.0 Å². The van der Waals surface area contributed by atoms with Gasteiger partial charge in [-0.1, -0.05) is 59.6 Å². The first-order valence-electron chi connectivity index (χ1n) is 7.10. The Labute approximate surface area is 143 Å². The zero-order valence-electron chi connectivity index (χ0n) is 12.5. The van der Waals surface area contributed by atoms with E-state index in [2.05, 4.69) is 0 Å². The molecular weight excluding hydrogens is 330 g/mol. The molecule has 1 aliphatic rings. The Kier molecular flexibility index (Phi) is 4.55. The number of rotatable bonds is 3. The second-order valence-corrected chi connectivity index (χ2v) is 6.67. The number of benzene rings is 2. The fraction of sp³-hybridized carbons (Fsp3) is 0.111. The third-order valence-corrected chi connectivity index (χ3v) is 4.81. The predicted molar refractivity (Wildman–Crippen MR) is 94.1 cm³/mol. The van der Waals surface area contributed by atoms with Gasteiger partial charge in [0.05, 0.1) is 11.4 Å². The third kappa shape index (κ3) is 3.49. The summed E-state index contributed by atoms with van der Waals surface area (Å²) < 4.78 is 0. The van der Waals surface area contributed by atoms with E-state index >= 15 is 0 Å². The summed E-state index contributed by atoms with van der Waals surface area (Å²) in [5.41, 5.74) is 2.81. The van der Waals surface area contributed by atoms with Gasteiger partial charge >= 0.3 is 0 Å². The maximum absolute atomic E-state index is 12.5. The van der Waals surface area contributed by atoms with Crippen molar-refractivity contribution in [1.82, 2.24) is 4.90 Å². The summed E-state index contributed by atoms with van der Waals surface area (Å²) in [5, 5.41) is 0.280. The van der Waals surface area contributed by atoms with Gasteiger partial charge in [0.1, 0.15) is 0 Å². The van der Waals surface area contributed by atoms with Crippen molar-refractivity contribution in [3.63, 3.8) is 0 Å². The van der Waals surface area contributed by atoms with Crippen LogP contribution in [0.25, 0.3) is 6.08 Å². The molecule has 0 aliphatic carbocycles. The number of carbonyl (C=O) groups excluding carboxylic acids is 2. The van der Waals surface area contributed by atoms with Gasteiger partial charge in [0.25, 0.3) is 11.1 Å². The average molecular weight is 344 g/mol. The molecule has 1 aliphatic heterocycles. The van der Waals surface area contributed by atoms with Crippen LogP contribution in [-0.2, 0) is 11.3 Å². The molecule has 0 aromatic heterocycles. The average Bonchev–Trinajstić information content (AvgIpc) is 2.79. The van der Waals surface area contributed by atoms with E-state index in [4.69, 9.17) is 11.6 Å². The van der Waals surface area contributed by atoms with E-state index < -0.39 is 0 Å². The molecule has 1 fully saturated rings. The zero-order valence-corrected chi connectivity index (χ0v) is 14.0. The van der Waals surface area contributed by atoms with Crippen LogP contribution in [-0.4, -0.2) is 16.0 Å². The van der Waals surface area contributed by atoms with E-state index in [1.54, 1.807) is 12.1 Å². The molecule has 2 amide bonds. The van der Waals surface area contributed by atoms with E-state index in [0.717, 1.165) is 28.5 Å². The second-order valence-electron chi connectivity index (χ2n) is 5.27. The molecule has 0 atom stereocenters. The summed E-state index contributed by atoms with van der Waals surface area (Å²) in [7, 11) is 0. The quantitative estimate of drug-likeness (QED) is 0.745. The highest BCUT2D eigenvalue weighted by atomic mass is 35.5. The summed E-state index contributed by atoms with van der Waals surface area (Å²) in [5.74, 6) is -0.277. The third-order valence-electron chi connectivity index (χ3n) is 3.53. The highest BCUT2D eigenvalue weighted by Gasteiger charge is 2.35. The number of imide groups is 1. The number of amides is 2. The standard InChI is InChI=1S/C18H14ClNO2S/c1-12-6-8-13(9-7-12)10-16-17(21)20(18(22)23-16)11-14-4-2-3-5-15(14)19/h2-10H,11H2,1H3. The topological polar surface area (TPSA) is 37.4 Å². The Bertz CT molecular complexity index is 799. The van der Waals surface area contributed by atoms with Gasteiger partial charge in [-0.3, -0.25) is 14.5 Å². The number of thioether (sulfide) groups is 1. The lowest BCUT2D eigenvalue weighted by Gasteiger charge is -2.13. The first-order chi connectivity index (χ1) is 11.0. The Hall–Kier alpha value is -2.04. The van der Waals surface area contributed by atoms with Crippen LogP contribution >= 0.6 is 23.4 Å². The SMILES string of the molecule is Cc1ccc(C=C2SC(=O)N(Cc3ccccc3Cl)C2=O)cc1. The number of carbonyl (C=O) groups is 2. The van der Waals surface area contributed by atoms with Crippen LogP contribution in [0.2, 0.25) is 5.02 Å². The molecule has 0 saturated carbocycles. The number of halogens is 1. The maximum atomic E-state index is 12.5. The highest BCUT2D eigenvalue weighted by molar-refractivity contribution is 8.18. The summed E-state index contributed by atoms with van der Waals surface area (Å²) in [6, 6.07) is 15.0. The fourth-order valence-corrected chi connectivity index (χ4v) is 3.28. The zero-order chi connectivity index (χ0) is 16.4. The lowest BCUT2D eigenvalue weighted by Crippen LogP contribution is -2.27. The fourth-order valence-electron chi connectivity index (χ4n) is 2.25. The maximum Gasteiger partial charge on any atom is 0.293 e. The van der Waals surface area contributed by atoms with E-state index in [0.29, 0.717) is 9.93 Å². The molecule has 0 N–H and O–H groups in total. The molecule has 3 nitrogen and oxygen atoms in total. The van der Waals surface area contributed by atoms with Gasteiger partial charge in [0, 0.05) is 5.02 Å². The van der Waals surface area contributed by atoms with Gasteiger partial charge in [0.2, 0.25) is 0 Å². The van der Waals surface area contributed by atoms with Crippen LogP contribution < -0.4 is 0 Å². The molecular formula is C18H14ClNO2S. The van der Waals surface area contributed by atoms with Crippen molar-refractivity contribution >= 4 is 40.6 Å². The Morgan fingerprint density at radius 3 is 2.48 bits per heavy atom. The molecule has 116 valence electrons. The van der Waals surface area contributed by atoms with E-state index in [1.165, 1.54) is 4.90 Å². The molecule has 23 heavy (non-hydrogen) atoms. The lowest BCUT2D eigenvalue weighted by molar-refractivity contribution is -0.123. The molecule has 1 saturated heterocycles. The summed E-state index contributed by atoms with van der Waals surface area (Å²) >= 11 is 7.07. The molecule has 0 radical (unpaired) electrons. The van der Waals surface area contributed by atoms with Crippen LogP contribution in [0.4, 0.5) is 4.79 Å². The lowest BCUT2D eigenvalue weighted by atomic mass is 10.1. The Morgan fingerprint density at radius 2 is 1.78 bits per heavy atom. The van der Waals surface area contributed by atoms with Gasteiger partial charge < -0.3 is 0 Å². The normalized spacial score (nSPS) is 16.4. The Balaban J connectivity index is 1.82. The number of hydrogen-bond acceptors (Lipinski definition) is 3. The van der Waals surface area contributed by atoms with E-state index in [-0.39, 0.29) is 17.7 Å². The smallest absolute Gasteiger partial charge is 0.268 e. The van der Waals surface area contributed by atoms with Gasteiger partial charge in [-0.2, -0.15) is 0 Å². The van der Waals surface area contributed by atoms with Gasteiger partial charge in [-0.15, -0.1) is 0 Å². The van der Waals surface area contributed by atoms with Crippen molar-refractivity contribution in [1.29, 1.82) is 0 Å². The first-order valence-corrected chi connectivity index (χ1v) is 8.29. The molecule has 2 aromatic carbocycles. The van der Waals surface area contributed by atoms with E-state index in [1.807, 2.05) is 49.4 Å². The van der Waals surface area contributed by atoms with Crippen molar-refractivity contribution in [3.8, 4) is 0 Å². The molecule has 5 heteroatoms. The van der Waals surface area contributed by atoms with Crippen molar-refractivity contribution in [2.75, 3.05) is 0 Å². The van der Waals surface area contributed by atoms with Crippen LogP contribution in [0.5, 0.6) is 0 Å². The minimum Gasteiger partial charge on any atom is -0.268 e. The molecule has 0 spiro atoms. The molecule has 2 aromatic rings. The van der Waals surface area contributed by atoms with Crippen LogP contribution in [0.3, 0.4) is 0 Å². The van der Waals surface area contributed by atoms with Crippen molar-refractivity contribution in [2.24, 2.45) is 0 Å². The molecule has 3 rings (SSSR count). The molecule has 0 bridgehead atoms. The minimum atomic E-state index is -0.277. The number of nitrogens with zero attached hydrogens (tertiary/aromatic N) is 1. The molecule has 1 heterocycles. The minimum absolute atomic E-state index is 0.190. The Morgan fingerprint density at radius 1 is 1.09 bits per heavy atom. The number of hydrogen-bond donors (Lipinski definition) is 0. The van der Waals surface area contributed by atoms with Gasteiger partial charge in [0.15, 0.2) is 0 Å².